The summed E-state index contributed by atoms with van der Waals surface area (Å²) in [5, 5.41) is 7.34. The monoisotopic (exact) mass is 395 g/mol. The zero-order valence-corrected chi connectivity index (χ0v) is 15.0. The lowest BCUT2D eigenvalue weighted by atomic mass is 9.92. The van der Waals surface area contributed by atoms with Crippen LogP contribution in [-0.4, -0.2) is 24.9 Å². The fraction of sp³-hybridized carbons (Fsp3) is 0.250. The third-order valence-electron chi connectivity index (χ3n) is 3.36. The van der Waals surface area contributed by atoms with Gasteiger partial charge in [0, 0.05) is 17.6 Å². The number of rotatable bonds is 6. The second kappa shape index (κ2) is 7.72. The Hall–Kier alpha value is -1.70. The number of carbonyl (C=O) groups excluding carboxylic acids is 2. The third kappa shape index (κ3) is 4.63. The van der Waals surface area contributed by atoms with Crippen molar-refractivity contribution in [3.63, 3.8) is 0 Å². The van der Waals surface area contributed by atoms with E-state index >= 15 is 0 Å². The largest absolute Gasteiger partial charge is 0.352 e. The van der Waals surface area contributed by atoms with Gasteiger partial charge in [0.05, 0.1) is 4.88 Å². The first-order chi connectivity index (χ1) is 10.9. The lowest BCUT2D eigenvalue weighted by Gasteiger charge is -2.24. The van der Waals surface area contributed by atoms with E-state index < -0.39 is 5.54 Å². The third-order valence-corrected chi connectivity index (χ3v) is 4.75. The topological polar surface area (TPSA) is 84.2 Å². The first-order valence-corrected chi connectivity index (χ1v) is 8.73. The first kappa shape index (κ1) is 17.7. The molecule has 1 heterocycles. The molecule has 4 N–H and O–H groups in total. The fourth-order valence-electron chi connectivity index (χ4n) is 1.96. The van der Waals surface area contributed by atoms with E-state index in [1.165, 1.54) is 11.3 Å². The molecule has 122 valence electrons. The van der Waals surface area contributed by atoms with E-state index in [1.807, 2.05) is 35.7 Å². The van der Waals surface area contributed by atoms with E-state index in [1.54, 1.807) is 13.0 Å². The van der Waals surface area contributed by atoms with Crippen molar-refractivity contribution in [3.8, 4) is 0 Å². The van der Waals surface area contributed by atoms with Gasteiger partial charge in [-0.25, -0.2) is 0 Å². The van der Waals surface area contributed by atoms with E-state index in [-0.39, 0.29) is 11.8 Å². The molecule has 0 bridgehead atoms. The van der Waals surface area contributed by atoms with Gasteiger partial charge in [0.15, 0.2) is 0 Å². The summed E-state index contributed by atoms with van der Waals surface area (Å²) in [7, 11) is 0. The van der Waals surface area contributed by atoms with E-state index in [9.17, 15) is 9.59 Å². The molecule has 2 amide bonds. The first-order valence-electron chi connectivity index (χ1n) is 7.06. The Balaban J connectivity index is 1.82. The van der Waals surface area contributed by atoms with Gasteiger partial charge in [-0.2, -0.15) is 0 Å². The molecular weight excluding hydrogens is 378 g/mol. The highest BCUT2D eigenvalue weighted by Gasteiger charge is 2.30. The SMILES string of the molecule is CC(N)(C(=O)NCCNC(=O)c1cccs1)c1ccc(Br)cc1. The van der Waals surface area contributed by atoms with Crippen molar-refractivity contribution >= 4 is 39.1 Å². The van der Waals surface area contributed by atoms with Gasteiger partial charge >= 0.3 is 0 Å². The molecule has 0 radical (unpaired) electrons. The minimum Gasteiger partial charge on any atom is -0.352 e. The highest BCUT2D eigenvalue weighted by atomic mass is 79.9. The molecule has 2 rings (SSSR count). The summed E-state index contributed by atoms with van der Waals surface area (Å²) in [6.45, 7) is 2.33. The number of thiophene rings is 1. The van der Waals surface area contributed by atoms with Crippen LogP contribution in [0.4, 0.5) is 0 Å². The van der Waals surface area contributed by atoms with Crippen LogP contribution >= 0.6 is 27.3 Å². The molecule has 2 aromatic rings. The van der Waals surface area contributed by atoms with Crippen molar-refractivity contribution in [2.75, 3.05) is 13.1 Å². The normalized spacial score (nSPS) is 13.2. The van der Waals surface area contributed by atoms with Gasteiger partial charge < -0.3 is 16.4 Å². The summed E-state index contributed by atoms with van der Waals surface area (Å²) in [5.74, 6) is -0.428. The lowest BCUT2D eigenvalue weighted by Crippen LogP contribution is -2.50. The van der Waals surface area contributed by atoms with Crippen LogP contribution in [0, 0.1) is 0 Å². The molecule has 1 aromatic carbocycles. The van der Waals surface area contributed by atoms with Crippen LogP contribution in [0.25, 0.3) is 0 Å². The number of benzene rings is 1. The molecule has 0 aliphatic heterocycles. The summed E-state index contributed by atoms with van der Waals surface area (Å²) in [6, 6.07) is 10.9. The summed E-state index contributed by atoms with van der Waals surface area (Å²) in [4.78, 5) is 24.7. The molecule has 5 nitrogen and oxygen atoms in total. The van der Waals surface area contributed by atoms with Crippen molar-refractivity contribution < 1.29 is 9.59 Å². The zero-order valence-electron chi connectivity index (χ0n) is 12.6. The summed E-state index contributed by atoms with van der Waals surface area (Å²) < 4.78 is 0.925. The predicted molar refractivity (Wildman–Crippen MR) is 95.3 cm³/mol. The van der Waals surface area contributed by atoms with Gasteiger partial charge in [0.1, 0.15) is 5.54 Å². The van der Waals surface area contributed by atoms with Crippen LogP contribution in [0.5, 0.6) is 0 Å². The number of nitrogens with two attached hydrogens (primary N) is 1. The Kier molecular flexibility index (Phi) is 5.92. The van der Waals surface area contributed by atoms with Gasteiger partial charge in [0.2, 0.25) is 5.91 Å². The van der Waals surface area contributed by atoms with Crippen molar-refractivity contribution in [2.24, 2.45) is 5.73 Å². The zero-order chi connectivity index (χ0) is 16.9. The van der Waals surface area contributed by atoms with Crippen LogP contribution in [0.2, 0.25) is 0 Å². The predicted octanol–water partition coefficient (Wildman–Crippen LogP) is 2.23. The van der Waals surface area contributed by atoms with Crippen molar-refractivity contribution in [1.82, 2.24) is 10.6 Å². The number of hydrogen-bond donors (Lipinski definition) is 3. The Bertz CT molecular complexity index is 669. The Morgan fingerprint density at radius 2 is 1.83 bits per heavy atom. The summed E-state index contributed by atoms with van der Waals surface area (Å²) >= 11 is 4.72. The average Bonchev–Trinajstić information content (AvgIpc) is 3.06. The van der Waals surface area contributed by atoms with E-state index in [0.717, 1.165) is 10.0 Å². The Morgan fingerprint density at radius 3 is 2.43 bits per heavy atom. The van der Waals surface area contributed by atoms with E-state index in [4.69, 9.17) is 5.73 Å². The van der Waals surface area contributed by atoms with Crippen molar-refractivity contribution in [2.45, 2.75) is 12.5 Å². The van der Waals surface area contributed by atoms with Crippen LogP contribution < -0.4 is 16.4 Å². The van der Waals surface area contributed by atoms with Crippen LogP contribution in [-0.2, 0) is 10.3 Å². The number of carbonyl (C=O) groups is 2. The number of halogens is 1. The molecule has 7 heteroatoms. The maximum Gasteiger partial charge on any atom is 0.261 e. The number of hydrogen-bond acceptors (Lipinski definition) is 4. The van der Waals surface area contributed by atoms with Crippen LogP contribution in [0.1, 0.15) is 22.2 Å². The molecule has 1 aromatic heterocycles. The quantitative estimate of drug-likeness (QED) is 0.655. The molecule has 0 spiro atoms. The highest BCUT2D eigenvalue weighted by molar-refractivity contribution is 9.10. The maximum absolute atomic E-state index is 12.3. The minimum atomic E-state index is -1.13. The van der Waals surface area contributed by atoms with Gasteiger partial charge in [-0.3, -0.25) is 9.59 Å². The number of amides is 2. The average molecular weight is 396 g/mol. The Morgan fingerprint density at radius 1 is 1.17 bits per heavy atom. The fourth-order valence-corrected chi connectivity index (χ4v) is 2.86. The Labute approximate surface area is 147 Å². The van der Waals surface area contributed by atoms with Crippen molar-refractivity contribution in [1.29, 1.82) is 0 Å². The maximum atomic E-state index is 12.3. The second-order valence-electron chi connectivity index (χ2n) is 5.20. The second-order valence-corrected chi connectivity index (χ2v) is 7.06. The van der Waals surface area contributed by atoms with Crippen molar-refractivity contribution in [3.05, 3.63) is 56.7 Å². The molecular formula is C16H18BrN3O2S. The van der Waals surface area contributed by atoms with Crippen LogP contribution in [0.15, 0.2) is 46.3 Å². The summed E-state index contributed by atoms with van der Waals surface area (Å²) in [6.07, 6.45) is 0. The van der Waals surface area contributed by atoms with E-state index in [2.05, 4.69) is 26.6 Å². The van der Waals surface area contributed by atoms with Gasteiger partial charge in [-0.15, -0.1) is 11.3 Å². The molecule has 0 saturated heterocycles. The van der Waals surface area contributed by atoms with E-state index in [0.29, 0.717) is 18.0 Å². The lowest BCUT2D eigenvalue weighted by molar-refractivity contribution is -0.126. The molecule has 1 atom stereocenters. The molecule has 0 aliphatic carbocycles. The molecule has 0 saturated carbocycles. The molecule has 0 aliphatic rings. The highest BCUT2D eigenvalue weighted by Crippen LogP contribution is 2.20. The van der Waals surface area contributed by atoms with Gasteiger partial charge in [0.25, 0.3) is 5.91 Å². The summed E-state index contributed by atoms with van der Waals surface area (Å²) in [5.41, 5.74) is 5.73. The number of nitrogens with one attached hydrogen (secondary N) is 2. The molecule has 1 unspecified atom stereocenters. The standard InChI is InChI=1S/C16H18BrN3O2S/c1-16(18,11-4-6-12(17)7-5-11)15(22)20-9-8-19-14(21)13-3-2-10-23-13/h2-7,10H,8-9,18H2,1H3,(H,19,21)(H,20,22). The molecule has 23 heavy (non-hydrogen) atoms. The van der Waals surface area contributed by atoms with Gasteiger partial charge in [-0.1, -0.05) is 34.1 Å². The smallest absolute Gasteiger partial charge is 0.261 e. The minimum absolute atomic E-state index is 0.141. The van der Waals surface area contributed by atoms with Gasteiger partial charge in [-0.05, 0) is 36.1 Å². The van der Waals surface area contributed by atoms with Crippen LogP contribution in [0.3, 0.4) is 0 Å². The molecule has 0 fully saturated rings.